The molecule has 0 bridgehead atoms. The summed E-state index contributed by atoms with van der Waals surface area (Å²) in [6, 6.07) is 6.01. The molecule has 1 atom stereocenters. The van der Waals surface area contributed by atoms with Gasteiger partial charge in [0.1, 0.15) is 0 Å². The maximum Gasteiger partial charge on any atom is 0.0640 e. The number of benzene rings is 1. The Labute approximate surface area is 125 Å². The second-order valence-electron chi connectivity index (χ2n) is 5.20. The van der Waals surface area contributed by atoms with Gasteiger partial charge < -0.3 is 5.73 Å². The Bertz CT molecular complexity index is 401. The molecule has 1 heterocycles. The first kappa shape index (κ1) is 15.1. The van der Waals surface area contributed by atoms with Crippen molar-refractivity contribution in [2.24, 2.45) is 5.73 Å². The van der Waals surface area contributed by atoms with Gasteiger partial charge in [-0.25, -0.2) is 0 Å². The van der Waals surface area contributed by atoms with Gasteiger partial charge in [0.05, 0.1) is 10.0 Å². The van der Waals surface area contributed by atoms with Crippen molar-refractivity contribution in [2.45, 2.75) is 38.1 Å². The number of hydrogen-bond donors (Lipinski definition) is 1. The highest BCUT2D eigenvalue weighted by atomic mass is 35.5. The van der Waals surface area contributed by atoms with Crippen molar-refractivity contribution in [3.63, 3.8) is 0 Å². The summed E-state index contributed by atoms with van der Waals surface area (Å²) in [6.45, 7) is 2.79. The third-order valence-corrected chi connectivity index (χ3v) is 4.73. The summed E-state index contributed by atoms with van der Waals surface area (Å²) in [5, 5.41) is 1.27. The van der Waals surface area contributed by atoms with Gasteiger partial charge in [0, 0.05) is 12.6 Å². The van der Waals surface area contributed by atoms with E-state index in [1.54, 1.807) is 0 Å². The molecule has 1 aliphatic rings. The molecular formula is C15H22Cl2N2. The molecule has 106 valence electrons. The van der Waals surface area contributed by atoms with Crippen LogP contribution in [0.15, 0.2) is 18.2 Å². The van der Waals surface area contributed by atoms with E-state index in [2.05, 4.69) is 4.90 Å². The highest BCUT2D eigenvalue weighted by Gasteiger charge is 2.22. The fraction of sp³-hybridized carbons (Fsp3) is 0.600. The highest BCUT2D eigenvalue weighted by Crippen LogP contribution is 2.33. The van der Waals surface area contributed by atoms with E-state index in [-0.39, 0.29) is 6.04 Å². The molecule has 0 spiro atoms. The molecule has 1 aliphatic heterocycles. The summed E-state index contributed by atoms with van der Waals surface area (Å²) in [5.41, 5.74) is 7.07. The monoisotopic (exact) mass is 300 g/mol. The molecule has 2 nitrogen and oxygen atoms in total. The van der Waals surface area contributed by atoms with Gasteiger partial charge in [0.25, 0.3) is 0 Å². The normalized spacial score (nSPS) is 19.7. The topological polar surface area (TPSA) is 29.3 Å². The Hall–Kier alpha value is -0.280. The minimum atomic E-state index is 0.185. The predicted octanol–water partition coefficient (Wildman–Crippen LogP) is 4.26. The standard InChI is InChI=1S/C15H22Cl2N2/c16-13-8-6-7-12(15(13)17)14(11-18)19-9-4-2-1-3-5-10-19/h6-8,14H,1-5,9-11,18H2. The number of halogens is 2. The zero-order chi connectivity index (χ0) is 13.7. The molecule has 1 saturated heterocycles. The van der Waals surface area contributed by atoms with Crippen LogP contribution in [0, 0.1) is 0 Å². The molecule has 2 rings (SSSR count). The Morgan fingerprint density at radius 2 is 1.68 bits per heavy atom. The van der Waals surface area contributed by atoms with E-state index in [1.807, 2.05) is 18.2 Å². The minimum Gasteiger partial charge on any atom is -0.329 e. The van der Waals surface area contributed by atoms with Gasteiger partial charge in [-0.2, -0.15) is 0 Å². The average molecular weight is 301 g/mol. The quantitative estimate of drug-likeness (QED) is 0.904. The number of likely N-dealkylation sites (tertiary alicyclic amines) is 1. The number of nitrogens with two attached hydrogens (primary N) is 1. The molecule has 0 aliphatic carbocycles. The number of rotatable bonds is 3. The van der Waals surface area contributed by atoms with Crippen LogP contribution in [0.25, 0.3) is 0 Å². The van der Waals surface area contributed by atoms with E-state index in [4.69, 9.17) is 28.9 Å². The lowest BCUT2D eigenvalue weighted by Gasteiger charge is -2.33. The Morgan fingerprint density at radius 3 is 2.32 bits per heavy atom. The first-order valence-electron chi connectivity index (χ1n) is 7.12. The smallest absolute Gasteiger partial charge is 0.0640 e. The number of nitrogens with zero attached hydrogens (tertiary/aromatic N) is 1. The van der Waals surface area contributed by atoms with Gasteiger partial charge in [0.2, 0.25) is 0 Å². The molecule has 2 N–H and O–H groups in total. The zero-order valence-electron chi connectivity index (χ0n) is 11.2. The lowest BCUT2D eigenvalue weighted by atomic mass is 10.0. The van der Waals surface area contributed by atoms with Crippen molar-refractivity contribution in [3.8, 4) is 0 Å². The molecule has 1 aromatic rings. The fourth-order valence-corrected chi connectivity index (χ4v) is 3.27. The van der Waals surface area contributed by atoms with Crippen molar-refractivity contribution in [1.29, 1.82) is 0 Å². The number of hydrogen-bond acceptors (Lipinski definition) is 2. The molecule has 1 fully saturated rings. The van der Waals surface area contributed by atoms with Crippen LogP contribution >= 0.6 is 23.2 Å². The van der Waals surface area contributed by atoms with Gasteiger partial charge in [-0.05, 0) is 37.6 Å². The average Bonchev–Trinajstić information content (AvgIpc) is 2.37. The molecule has 0 saturated carbocycles. The van der Waals surface area contributed by atoms with Crippen molar-refractivity contribution in [2.75, 3.05) is 19.6 Å². The predicted molar refractivity (Wildman–Crippen MR) is 82.9 cm³/mol. The maximum absolute atomic E-state index is 6.34. The van der Waals surface area contributed by atoms with Gasteiger partial charge in [-0.3, -0.25) is 4.90 Å². The lowest BCUT2D eigenvalue weighted by molar-refractivity contribution is 0.184. The molecule has 19 heavy (non-hydrogen) atoms. The SMILES string of the molecule is NCC(c1cccc(Cl)c1Cl)N1CCCCCCC1. The highest BCUT2D eigenvalue weighted by molar-refractivity contribution is 6.42. The second kappa shape index (κ2) is 7.49. The molecule has 4 heteroatoms. The van der Waals surface area contributed by atoms with Crippen LogP contribution in [-0.4, -0.2) is 24.5 Å². The minimum absolute atomic E-state index is 0.185. The van der Waals surface area contributed by atoms with Crippen LogP contribution in [0.4, 0.5) is 0 Å². The van der Waals surface area contributed by atoms with E-state index in [0.717, 1.165) is 18.7 Å². The van der Waals surface area contributed by atoms with Crippen LogP contribution in [0.2, 0.25) is 10.0 Å². The largest absolute Gasteiger partial charge is 0.329 e. The van der Waals surface area contributed by atoms with Gasteiger partial charge in [0.15, 0.2) is 0 Å². The van der Waals surface area contributed by atoms with E-state index in [0.29, 0.717) is 16.6 Å². The first-order chi connectivity index (χ1) is 9.24. The Morgan fingerprint density at radius 1 is 1.05 bits per heavy atom. The van der Waals surface area contributed by atoms with Crippen LogP contribution in [-0.2, 0) is 0 Å². The zero-order valence-corrected chi connectivity index (χ0v) is 12.8. The van der Waals surface area contributed by atoms with Gasteiger partial charge in [-0.1, -0.05) is 54.6 Å². The van der Waals surface area contributed by atoms with Crippen LogP contribution in [0.3, 0.4) is 0 Å². The van der Waals surface area contributed by atoms with Gasteiger partial charge >= 0.3 is 0 Å². The van der Waals surface area contributed by atoms with Crippen molar-refractivity contribution in [3.05, 3.63) is 33.8 Å². The van der Waals surface area contributed by atoms with Crippen molar-refractivity contribution in [1.82, 2.24) is 4.90 Å². The molecule has 1 aromatic carbocycles. The maximum atomic E-state index is 6.34. The van der Waals surface area contributed by atoms with E-state index in [1.165, 1.54) is 32.1 Å². The van der Waals surface area contributed by atoms with Crippen molar-refractivity contribution < 1.29 is 0 Å². The molecule has 1 unspecified atom stereocenters. The van der Waals surface area contributed by atoms with Crippen LogP contribution in [0.1, 0.15) is 43.7 Å². The Balaban J connectivity index is 2.19. The van der Waals surface area contributed by atoms with Gasteiger partial charge in [-0.15, -0.1) is 0 Å². The summed E-state index contributed by atoms with van der Waals surface area (Å²) in [7, 11) is 0. The van der Waals surface area contributed by atoms with E-state index >= 15 is 0 Å². The summed E-state index contributed by atoms with van der Waals surface area (Å²) >= 11 is 12.5. The molecule has 0 amide bonds. The van der Waals surface area contributed by atoms with Crippen LogP contribution in [0.5, 0.6) is 0 Å². The second-order valence-corrected chi connectivity index (χ2v) is 5.98. The molecule has 0 radical (unpaired) electrons. The summed E-state index contributed by atoms with van der Waals surface area (Å²) in [4.78, 5) is 2.47. The third-order valence-electron chi connectivity index (χ3n) is 3.90. The first-order valence-corrected chi connectivity index (χ1v) is 7.87. The Kier molecular flexibility index (Phi) is 5.96. The van der Waals surface area contributed by atoms with Crippen LogP contribution < -0.4 is 5.73 Å². The van der Waals surface area contributed by atoms with E-state index in [9.17, 15) is 0 Å². The summed E-state index contributed by atoms with van der Waals surface area (Å²) in [6.07, 6.45) is 6.48. The summed E-state index contributed by atoms with van der Waals surface area (Å²) < 4.78 is 0. The molecular weight excluding hydrogens is 279 g/mol. The molecule has 0 aromatic heterocycles. The van der Waals surface area contributed by atoms with E-state index < -0.39 is 0 Å². The van der Waals surface area contributed by atoms with Crippen molar-refractivity contribution >= 4 is 23.2 Å². The third kappa shape index (κ3) is 3.85. The fourth-order valence-electron chi connectivity index (χ4n) is 2.83. The summed E-state index contributed by atoms with van der Waals surface area (Å²) in [5.74, 6) is 0. The lowest BCUT2D eigenvalue weighted by Crippen LogP contribution is -2.36.